The SMILES string of the molecule is COC(=O)NCCCOCCc1cccc(Nc2cc(C)[nH]n2)n1. The van der Waals surface area contributed by atoms with Crippen molar-refractivity contribution in [3.8, 4) is 0 Å². The number of carbonyl (C=O) groups excluding carboxylic acids is 1. The van der Waals surface area contributed by atoms with Crippen LogP contribution in [0.4, 0.5) is 16.4 Å². The van der Waals surface area contributed by atoms with Crippen molar-refractivity contribution in [1.82, 2.24) is 20.5 Å². The average molecular weight is 333 g/mol. The van der Waals surface area contributed by atoms with E-state index in [1.54, 1.807) is 0 Å². The fourth-order valence-corrected chi connectivity index (χ4v) is 2.02. The number of hydrogen-bond donors (Lipinski definition) is 3. The number of pyridine rings is 1. The number of carbonyl (C=O) groups is 1. The molecule has 0 unspecified atom stereocenters. The molecule has 0 aliphatic rings. The molecule has 130 valence electrons. The first kappa shape index (κ1) is 17.7. The smallest absolute Gasteiger partial charge is 0.406 e. The van der Waals surface area contributed by atoms with Gasteiger partial charge in [-0.25, -0.2) is 9.78 Å². The number of aromatic nitrogens is 3. The zero-order valence-electron chi connectivity index (χ0n) is 14.0. The summed E-state index contributed by atoms with van der Waals surface area (Å²) in [6, 6.07) is 7.72. The number of aromatic amines is 1. The lowest BCUT2D eigenvalue weighted by molar-refractivity contribution is 0.132. The lowest BCUT2D eigenvalue weighted by atomic mass is 10.3. The molecule has 0 radical (unpaired) electrons. The summed E-state index contributed by atoms with van der Waals surface area (Å²) in [5, 5.41) is 12.8. The number of anilines is 2. The van der Waals surface area contributed by atoms with Crippen LogP contribution in [-0.2, 0) is 15.9 Å². The molecule has 2 aromatic heterocycles. The van der Waals surface area contributed by atoms with Gasteiger partial charge >= 0.3 is 6.09 Å². The highest BCUT2D eigenvalue weighted by molar-refractivity contribution is 5.66. The van der Waals surface area contributed by atoms with Crippen LogP contribution < -0.4 is 10.6 Å². The Bertz CT molecular complexity index is 644. The van der Waals surface area contributed by atoms with E-state index in [2.05, 4.69) is 30.6 Å². The monoisotopic (exact) mass is 333 g/mol. The summed E-state index contributed by atoms with van der Waals surface area (Å²) in [6.45, 7) is 3.64. The Labute approximate surface area is 141 Å². The van der Waals surface area contributed by atoms with Crippen molar-refractivity contribution in [2.75, 3.05) is 32.2 Å². The van der Waals surface area contributed by atoms with Gasteiger partial charge in [-0.1, -0.05) is 6.07 Å². The van der Waals surface area contributed by atoms with Gasteiger partial charge in [0.1, 0.15) is 5.82 Å². The predicted molar refractivity (Wildman–Crippen MR) is 90.4 cm³/mol. The molecule has 8 heteroatoms. The highest BCUT2D eigenvalue weighted by Crippen LogP contribution is 2.13. The summed E-state index contributed by atoms with van der Waals surface area (Å²) in [7, 11) is 1.34. The largest absolute Gasteiger partial charge is 0.453 e. The Morgan fingerprint density at radius 1 is 1.29 bits per heavy atom. The van der Waals surface area contributed by atoms with Crippen molar-refractivity contribution in [2.45, 2.75) is 19.8 Å². The second-order valence-electron chi connectivity index (χ2n) is 5.21. The van der Waals surface area contributed by atoms with E-state index in [-0.39, 0.29) is 0 Å². The van der Waals surface area contributed by atoms with Crippen LogP contribution in [-0.4, -0.2) is 48.1 Å². The molecule has 1 amide bonds. The van der Waals surface area contributed by atoms with E-state index >= 15 is 0 Å². The number of nitrogens with zero attached hydrogens (tertiary/aromatic N) is 2. The molecule has 0 aromatic carbocycles. The van der Waals surface area contributed by atoms with E-state index in [0.717, 1.165) is 35.9 Å². The van der Waals surface area contributed by atoms with Gasteiger partial charge in [-0.05, 0) is 25.5 Å². The number of amides is 1. The number of ether oxygens (including phenoxy) is 2. The molecule has 24 heavy (non-hydrogen) atoms. The number of alkyl carbamates (subject to hydrolysis) is 1. The standard InChI is InChI=1S/C16H23N5O3/c1-12-11-15(21-20-12)19-14-6-3-5-13(18-14)7-10-24-9-4-8-17-16(22)23-2/h3,5-6,11H,4,7-10H2,1-2H3,(H,17,22)(H2,18,19,20,21). The summed E-state index contributed by atoms with van der Waals surface area (Å²) in [4.78, 5) is 15.4. The van der Waals surface area contributed by atoms with Crippen LogP contribution in [0.2, 0.25) is 0 Å². The summed E-state index contributed by atoms with van der Waals surface area (Å²) < 4.78 is 10.0. The van der Waals surface area contributed by atoms with Crippen LogP contribution in [0.1, 0.15) is 17.8 Å². The van der Waals surface area contributed by atoms with E-state index in [9.17, 15) is 4.79 Å². The molecule has 2 aromatic rings. The molecular weight excluding hydrogens is 310 g/mol. The van der Waals surface area contributed by atoms with E-state index < -0.39 is 6.09 Å². The third kappa shape index (κ3) is 6.25. The van der Waals surface area contributed by atoms with E-state index in [4.69, 9.17) is 4.74 Å². The molecule has 8 nitrogen and oxygen atoms in total. The summed E-state index contributed by atoms with van der Waals surface area (Å²) in [6.07, 6.45) is 1.04. The number of H-pyrrole nitrogens is 1. The minimum Gasteiger partial charge on any atom is -0.453 e. The van der Waals surface area contributed by atoms with Gasteiger partial charge in [0.2, 0.25) is 0 Å². The minimum absolute atomic E-state index is 0.421. The molecule has 2 heterocycles. The molecule has 0 atom stereocenters. The molecule has 0 aliphatic carbocycles. The molecular formula is C16H23N5O3. The van der Waals surface area contributed by atoms with Gasteiger partial charge in [-0.3, -0.25) is 5.10 Å². The van der Waals surface area contributed by atoms with E-state index in [1.807, 2.05) is 31.2 Å². The molecule has 0 bridgehead atoms. The molecule has 3 N–H and O–H groups in total. The van der Waals surface area contributed by atoms with Crippen LogP contribution in [0.25, 0.3) is 0 Å². The third-order valence-electron chi connectivity index (χ3n) is 3.19. The summed E-state index contributed by atoms with van der Waals surface area (Å²) >= 11 is 0. The first-order valence-corrected chi connectivity index (χ1v) is 7.82. The van der Waals surface area contributed by atoms with Crippen molar-refractivity contribution in [3.63, 3.8) is 0 Å². The lowest BCUT2D eigenvalue weighted by Crippen LogP contribution is -2.24. The maximum atomic E-state index is 10.9. The van der Waals surface area contributed by atoms with Crippen molar-refractivity contribution in [1.29, 1.82) is 0 Å². The van der Waals surface area contributed by atoms with Gasteiger partial charge in [-0.15, -0.1) is 0 Å². The second kappa shape index (κ2) is 9.51. The highest BCUT2D eigenvalue weighted by atomic mass is 16.5. The van der Waals surface area contributed by atoms with Crippen molar-refractivity contribution < 1.29 is 14.3 Å². The van der Waals surface area contributed by atoms with Crippen molar-refractivity contribution >= 4 is 17.7 Å². The van der Waals surface area contributed by atoms with Crippen molar-refractivity contribution in [2.24, 2.45) is 0 Å². The summed E-state index contributed by atoms with van der Waals surface area (Å²) in [5.41, 5.74) is 1.93. The number of hydrogen-bond acceptors (Lipinski definition) is 6. The van der Waals surface area contributed by atoms with Crippen LogP contribution in [0.3, 0.4) is 0 Å². The topological polar surface area (TPSA) is 101 Å². The molecule has 0 fully saturated rings. The predicted octanol–water partition coefficient (Wildman–Crippen LogP) is 2.16. The maximum absolute atomic E-state index is 10.9. The number of aryl methyl sites for hydroxylation is 1. The molecule has 0 saturated heterocycles. The Morgan fingerprint density at radius 3 is 2.92 bits per heavy atom. The van der Waals surface area contributed by atoms with E-state index in [0.29, 0.717) is 19.8 Å². The first-order chi connectivity index (χ1) is 11.7. The van der Waals surface area contributed by atoms with Crippen LogP contribution in [0.5, 0.6) is 0 Å². The van der Waals surface area contributed by atoms with Crippen LogP contribution in [0, 0.1) is 6.92 Å². The van der Waals surface area contributed by atoms with Crippen LogP contribution in [0.15, 0.2) is 24.3 Å². The van der Waals surface area contributed by atoms with Gasteiger partial charge in [-0.2, -0.15) is 5.10 Å². The fraction of sp³-hybridized carbons (Fsp3) is 0.438. The van der Waals surface area contributed by atoms with Crippen molar-refractivity contribution in [3.05, 3.63) is 35.7 Å². The Hall–Kier alpha value is -2.61. The Morgan fingerprint density at radius 2 is 2.17 bits per heavy atom. The maximum Gasteiger partial charge on any atom is 0.406 e. The lowest BCUT2D eigenvalue weighted by Gasteiger charge is -2.07. The zero-order chi connectivity index (χ0) is 17.2. The normalized spacial score (nSPS) is 10.4. The van der Waals surface area contributed by atoms with E-state index in [1.165, 1.54) is 7.11 Å². The minimum atomic E-state index is -0.421. The van der Waals surface area contributed by atoms with Gasteiger partial charge in [0.25, 0.3) is 0 Å². The number of methoxy groups -OCH3 is 1. The molecule has 0 aliphatic heterocycles. The van der Waals surface area contributed by atoms with Gasteiger partial charge in [0.05, 0.1) is 13.7 Å². The number of rotatable bonds is 9. The molecule has 0 spiro atoms. The zero-order valence-corrected chi connectivity index (χ0v) is 14.0. The quantitative estimate of drug-likeness (QED) is 0.608. The number of nitrogens with one attached hydrogen (secondary N) is 3. The van der Waals surface area contributed by atoms with Gasteiger partial charge < -0.3 is 20.1 Å². The third-order valence-corrected chi connectivity index (χ3v) is 3.19. The van der Waals surface area contributed by atoms with Crippen LogP contribution >= 0.6 is 0 Å². The van der Waals surface area contributed by atoms with Gasteiger partial charge in [0.15, 0.2) is 5.82 Å². The first-order valence-electron chi connectivity index (χ1n) is 7.82. The second-order valence-corrected chi connectivity index (χ2v) is 5.21. The fourth-order valence-electron chi connectivity index (χ4n) is 2.02. The Kier molecular flexibility index (Phi) is 7.03. The highest BCUT2D eigenvalue weighted by Gasteiger charge is 2.02. The Balaban J connectivity index is 1.66. The average Bonchev–Trinajstić information content (AvgIpc) is 2.99. The molecule has 0 saturated carbocycles. The molecule has 2 rings (SSSR count). The van der Waals surface area contributed by atoms with Gasteiger partial charge in [0, 0.05) is 37.0 Å². The summed E-state index contributed by atoms with van der Waals surface area (Å²) in [5.74, 6) is 1.49.